The Morgan fingerprint density at radius 1 is 1.21 bits per heavy atom. The number of nitrogens with one attached hydrogen (secondary N) is 3. The maximum atomic E-state index is 14.6. The van der Waals surface area contributed by atoms with Crippen LogP contribution in [0.15, 0.2) is 47.1 Å². The Hall–Kier alpha value is -3.58. The van der Waals surface area contributed by atoms with Crippen molar-refractivity contribution < 1.29 is 18.4 Å². The van der Waals surface area contributed by atoms with Gasteiger partial charge in [-0.3, -0.25) is 10.1 Å². The van der Waals surface area contributed by atoms with Gasteiger partial charge in [-0.1, -0.05) is 58.8 Å². The zero-order valence-corrected chi connectivity index (χ0v) is 26.0. The molecule has 0 spiro atoms. The third kappa shape index (κ3) is 6.82. The highest BCUT2D eigenvalue weighted by atomic mass is 35.5. The minimum absolute atomic E-state index is 0.0971. The molecule has 0 bridgehead atoms. The lowest BCUT2D eigenvalue weighted by Gasteiger charge is -2.30. The first-order valence-corrected chi connectivity index (χ1v) is 15.3. The van der Waals surface area contributed by atoms with Crippen LogP contribution < -0.4 is 20.7 Å². The van der Waals surface area contributed by atoms with Crippen molar-refractivity contribution in [2.24, 2.45) is 0 Å². The summed E-state index contributed by atoms with van der Waals surface area (Å²) in [7, 11) is 1.84. The highest BCUT2D eigenvalue weighted by molar-refractivity contribution is 7.22. The molecule has 0 saturated heterocycles. The molecule has 14 heteroatoms. The maximum absolute atomic E-state index is 14.6. The lowest BCUT2D eigenvalue weighted by molar-refractivity contribution is -0.117. The van der Waals surface area contributed by atoms with Gasteiger partial charge in [-0.15, -0.1) is 0 Å². The molecule has 3 aromatic heterocycles. The van der Waals surface area contributed by atoms with Crippen LogP contribution in [0.25, 0.3) is 32.4 Å². The van der Waals surface area contributed by atoms with Crippen LogP contribution in [-0.2, 0) is 4.79 Å². The number of hydrogen-bond donors (Lipinski definition) is 3. The molecule has 0 radical (unpaired) electrons. The van der Waals surface area contributed by atoms with Crippen LogP contribution in [0, 0.1) is 12.7 Å². The number of fused-ring (bicyclic) bond motifs is 2. The van der Waals surface area contributed by atoms with E-state index < -0.39 is 22.1 Å². The monoisotopic (exact) mass is 645 g/mol. The minimum Gasteiger partial charge on any atom is -0.492 e. The Bertz CT molecular complexity index is 1750. The first kappa shape index (κ1) is 30.9. The van der Waals surface area contributed by atoms with Crippen LogP contribution in [-0.4, -0.2) is 56.6 Å². The largest absolute Gasteiger partial charge is 0.492 e. The van der Waals surface area contributed by atoms with Crippen LogP contribution in [0.2, 0.25) is 0 Å². The number of carbonyl (C=O) groups excluding carboxylic acids is 1. The summed E-state index contributed by atoms with van der Waals surface area (Å²) in [6, 6.07) is 9.64. The number of rotatable bonds is 13. The second-order valence-electron chi connectivity index (χ2n) is 9.84. The molecule has 5 rings (SSSR count). The summed E-state index contributed by atoms with van der Waals surface area (Å²) in [5.74, 6) is 0.623. The Morgan fingerprint density at radius 2 is 2.05 bits per heavy atom. The number of thiazole rings is 1. The van der Waals surface area contributed by atoms with Crippen molar-refractivity contribution in [3.8, 4) is 17.1 Å². The van der Waals surface area contributed by atoms with E-state index in [2.05, 4.69) is 36.1 Å². The number of nitrogens with zero attached hydrogens (tertiary/aromatic N) is 4. The average Bonchev–Trinajstić information content (AvgIpc) is 3.63. The fourth-order valence-corrected chi connectivity index (χ4v) is 5.86. The van der Waals surface area contributed by atoms with Gasteiger partial charge in [-0.25, -0.2) is 14.4 Å². The molecule has 0 unspecified atom stereocenters. The third-order valence-corrected chi connectivity index (χ3v) is 8.52. The molecular weight excluding hydrogens is 616 g/mol. The summed E-state index contributed by atoms with van der Waals surface area (Å²) < 4.78 is 24.0. The van der Waals surface area contributed by atoms with E-state index in [-0.39, 0.29) is 10.6 Å². The number of ether oxygens (including phenoxy) is 1. The smallest absolute Gasteiger partial charge is 0.264 e. The number of aryl methyl sites for hydroxylation is 1. The van der Waals surface area contributed by atoms with Crippen LogP contribution in [0.3, 0.4) is 0 Å². The molecule has 0 fully saturated rings. The number of hydrogen-bond acceptors (Lipinski definition) is 10. The minimum atomic E-state index is -1.96. The molecule has 3 N–H and O–H groups in total. The third-order valence-electron chi connectivity index (χ3n) is 6.66. The van der Waals surface area contributed by atoms with E-state index in [4.69, 9.17) is 32.5 Å². The van der Waals surface area contributed by atoms with E-state index in [0.29, 0.717) is 54.0 Å². The lowest BCUT2D eigenvalue weighted by Crippen LogP contribution is -2.47. The van der Waals surface area contributed by atoms with Crippen molar-refractivity contribution in [1.82, 2.24) is 25.4 Å². The molecule has 0 aliphatic rings. The van der Waals surface area contributed by atoms with Gasteiger partial charge >= 0.3 is 0 Å². The highest BCUT2D eigenvalue weighted by Crippen LogP contribution is 2.38. The van der Waals surface area contributed by atoms with Gasteiger partial charge in [-0.05, 0) is 62.5 Å². The van der Waals surface area contributed by atoms with E-state index in [1.807, 2.05) is 38.2 Å². The molecule has 3 heterocycles. The van der Waals surface area contributed by atoms with E-state index in [0.717, 1.165) is 34.1 Å². The first-order chi connectivity index (χ1) is 20.7. The number of alkyl halides is 2. The van der Waals surface area contributed by atoms with E-state index in [1.165, 1.54) is 6.07 Å². The van der Waals surface area contributed by atoms with Gasteiger partial charge in [0.05, 0.1) is 12.6 Å². The van der Waals surface area contributed by atoms with Gasteiger partial charge in [0.1, 0.15) is 21.8 Å². The van der Waals surface area contributed by atoms with Crippen molar-refractivity contribution in [2.45, 2.75) is 43.5 Å². The molecule has 0 aliphatic carbocycles. The van der Waals surface area contributed by atoms with E-state index in [1.54, 1.807) is 19.2 Å². The predicted molar refractivity (Wildman–Crippen MR) is 169 cm³/mol. The Kier molecular flexibility index (Phi) is 9.60. The zero-order chi connectivity index (χ0) is 30.6. The molecule has 10 nitrogen and oxygen atoms in total. The normalized spacial score (nSPS) is 12.5. The Balaban J connectivity index is 1.44. The van der Waals surface area contributed by atoms with Crippen LogP contribution >= 0.6 is 34.5 Å². The van der Waals surface area contributed by atoms with Crippen molar-refractivity contribution in [3.63, 3.8) is 0 Å². The summed E-state index contributed by atoms with van der Waals surface area (Å²) >= 11 is 14.7. The van der Waals surface area contributed by atoms with Crippen molar-refractivity contribution >= 4 is 72.4 Å². The standard InChI is InChI=1S/C29H30Cl2FN7O3S/c1-4-14-41-21-10-9-20(32)23-24(21)43-28(37-23)38-27(40)29(30,31)22(6-5-12-33-3)36-26-19-15-18(25-35-16(2)42-39-25)8-7-17(19)11-13-34-26/h7-11,13,15,22,33H,4-6,12,14H2,1-3H3,(H,34,36)(H,37,38,40)/t22-/m0/s1. The van der Waals surface area contributed by atoms with E-state index in [9.17, 15) is 9.18 Å². The summed E-state index contributed by atoms with van der Waals surface area (Å²) in [6.45, 7) is 4.83. The molecule has 5 aromatic rings. The average molecular weight is 647 g/mol. The molecule has 0 aliphatic heterocycles. The number of carbonyl (C=O) groups is 1. The molecule has 226 valence electrons. The summed E-state index contributed by atoms with van der Waals surface area (Å²) in [5.41, 5.74) is 0.832. The number of pyridine rings is 1. The lowest BCUT2D eigenvalue weighted by atomic mass is 10.0. The second-order valence-corrected chi connectivity index (χ2v) is 12.2. The molecule has 43 heavy (non-hydrogen) atoms. The van der Waals surface area contributed by atoms with Crippen LogP contribution in [0.1, 0.15) is 32.1 Å². The topological polar surface area (TPSA) is 127 Å². The predicted octanol–water partition coefficient (Wildman–Crippen LogP) is 6.72. The van der Waals surface area contributed by atoms with Gasteiger partial charge in [0.25, 0.3) is 5.91 Å². The number of anilines is 2. The van der Waals surface area contributed by atoms with Crippen LogP contribution in [0.5, 0.6) is 5.75 Å². The van der Waals surface area contributed by atoms with Crippen molar-refractivity contribution in [3.05, 3.63) is 54.3 Å². The van der Waals surface area contributed by atoms with Crippen LogP contribution in [0.4, 0.5) is 15.3 Å². The molecular formula is C29H30Cl2FN7O3S. The van der Waals surface area contributed by atoms with Gasteiger partial charge in [0.2, 0.25) is 16.0 Å². The zero-order valence-electron chi connectivity index (χ0n) is 23.7. The van der Waals surface area contributed by atoms with Gasteiger partial charge in [0, 0.05) is 24.1 Å². The SMILES string of the molecule is CCCOc1ccc(F)c2nc(NC(=O)C(Cl)(Cl)[C@H](CCCNC)Nc3nccc4ccc(-c5noc(C)n5)cc34)sc12. The second kappa shape index (κ2) is 13.4. The summed E-state index contributed by atoms with van der Waals surface area (Å²) in [5, 5.41) is 14.9. The fraction of sp³-hybridized carbons (Fsp3) is 0.345. The molecule has 0 saturated carbocycles. The maximum Gasteiger partial charge on any atom is 0.264 e. The van der Waals surface area contributed by atoms with Gasteiger partial charge in [0.15, 0.2) is 10.9 Å². The van der Waals surface area contributed by atoms with Gasteiger partial charge < -0.3 is 19.9 Å². The van der Waals surface area contributed by atoms with Gasteiger partial charge in [-0.2, -0.15) is 4.98 Å². The summed E-state index contributed by atoms with van der Waals surface area (Å²) in [6.07, 6.45) is 3.53. The Morgan fingerprint density at radius 3 is 2.79 bits per heavy atom. The first-order valence-electron chi connectivity index (χ1n) is 13.7. The molecule has 1 amide bonds. The number of amides is 1. The van der Waals surface area contributed by atoms with Crippen molar-refractivity contribution in [2.75, 3.05) is 30.8 Å². The number of benzene rings is 2. The quantitative estimate of drug-likeness (QED) is 0.0944. The fourth-order valence-electron chi connectivity index (χ4n) is 4.50. The van der Waals surface area contributed by atoms with Crippen molar-refractivity contribution in [1.29, 1.82) is 0 Å². The highest BCUT2D eigenvalue weighted by Gasteiger charge is 2.43. The molecule has 1 atom stereocenters. The summed E-state index contributed by atoms with van der Waals surface area (Å²) in [4.78, 5) is 26.7. The Labute approximate surface area is 261 Å². The number of aromatic nitrogens is 4. The molecule has 2 aromatic carbocycles. The number of halogens is 3. The van der Waals surface area contributed by atoms with E-state index >= 15 is 0 Å².